The van der Waals surface area contributed by atoms with Gasteiger partial charge in [0.25, 0.3) is 0 Å². The highest BCUT2D eigenvalue weighted by Gasteiger charge is 2.04. The number of aryl methyl sites for hydroxylation is 2. The van der Waals surface area contributed by atoms with Crippen molar-refractivity contribution in [1.29, 1.82) is 0 Å². The highest BCUT2D eigenvalue weighted by atomic mass is 127. The van der Waals surface area contributed by atoms with Crippen molar-refractivity contribution in [3.8, 4) is 0 Å². The van der Waals surface area contributed by atoms with Crippen LogP contribution in [0.25, 0.3) is 10.9 Å². The first-order valence-electron chi connectivity index (χ1n) is 3.90. The number of rotatable bonds is 0. The molecule has 12 heavy (non-hydrogen) atoms. The van der Waals surface area contributed by atoms with Gasteiger partial charge in [-0.1, -0.05) is 12.1 Å². The molecule has 0 N–H and O–H groups in total. The molecule has 0 aliphatic rings. The molecule has 0 atom stereocenters. The third-order valence-corrected chi connectivity index (χ3v) is 3.02. The maximum absolute atomic E-state index is 2.38. The van der Waals surface area contributed by atoms with E-state index in [4.69, 9.17) is 0 Å². The number of benzene rings is 1. The number of para-hydroxylation sites is 1. The highest BCUT2D eigenvalue weighted by molar-refractivity contribution is 14.1. The molecule has 0 aliphatic carbocycles. The van der Waals surface area contributed by atoms with Crippen LogP contribution in [-0.2, 0) is 7.05 Å². The van der Waals surface area contributed by atoms with Crippen molar-refractivity contribution in [2.45, 2.75) is 6.92 Å². The van der Waals surface area contributed by atoms with Gasteiger partial charge < -0.3 is 4.57 Å². The second kappa shape index (κ2) is 2.76. The van der Waals surface area contributed by atoms with Crippen molar-refractivity contribution < 1.29 is 0 Å². The van der Waals surface area contributed by atoms with E-state index in [9.17, 15) is 0 Å². The molecule has 0 fully saturated rings. The van der Waals surface area contributed by atoms with Crippen LogP contribution in [0.4, 0.5) is 0 Å². The van der Waals surface area contributed by atoms with Gasteiger partial charge in [-0.3, -0.25) is 0 Å². The monoisotopic (exact) mass is 271 g/mol. The number of hydrogen-bond donors (Lipinski definition) is 0. The quantitative estimate of drug-likeness (QED) is 0.649. The summed E-state index contributed by atoms with van der Waals surface area (Å²) in [6.07, 6.45) is 2.17. The minimum atomic E-state index is 1.32. The van der Waals surface area contributed by atoms with Crippen LogP contribution in [0.3, 0.4) is 0 Å². The van der Waals surface area contributed by atoms with Crippen LogP contribution >= 0.6 is 22.6 Å². The zero-order chi connectivity index (χ0) is 8.72. The van der Waals surface area contributed by atoms with Crippen molar-refractivity contribution >= 4 is 33.5 Å². The van der Waals surface area contributed by atoms with Gasteiger partial charge in [-0.05, 0) is 41.1 Å². The molecule has 2 rings (SSSR count). The fraction of sp³-hybridized carbons (Fsp3) is 0.200. The summed E-state index contributed by atoms with van der Waals surface area (Å²) in [6, 6.07) is 6.42. The molecule has 0 bridgehead atoms. The Labute approximate surface area is 85.5 Å². The number of aromatic nitrogens is 1. The van der Waals surface area contributed by atoms with Gasteiger partial charge in [-0.25, -0.2) is 0 Å². The summed E-state index contributed by atoms with van der Waals surface area (Å²) in [4.78, 5) is 0. The van der Waals surface area contributed by atoms with Crippen molar-refractivity contribution in [3.05, 3.63) is 33.5 Å². The summed E-state index contributed by atoms with van der Waals surface area (Å²) in [7, 11) is 2.09. The zero-order valence-corrected chi connectivity index (χ0v) is 9.29. The van der Waals surface area contributed by atoms with Gasteiger partial charge in [0.1, 0.15) is 0 Å². The molecular formula is C10H10IN. The van der Waals surface area contributed by atoms with E-state index in [-0.39, 0.29) is 0 Å². The first-order chi connectivity index (χ1) is 5.70. The topological polar surface area (TPSA) is 4.93 Å². The van der Waals surface area contributed by atoms with E-state index in [1.807, 2.05) is 0 Å². The molecule has 2 heteroatoms. The Morgan fingerprint density at radius 3 is 2.75 bits per heavy atom. The number of hydrogen-bond acceptors (Lipinski definition) is 0. The Hall–Kier alpha value is -0.510. The fourth-order valence-electron chi connectivity index (χ4n) is 1.62. The van der Waals surface area contributed by atoms with E-state index in [0.717, 1.165) is 0 Å². The average molecular weight is 271 g/mol. The lowest BCUT2D eigenvalue weighted by molar-refractivity contribution is 0.961. The van der Waals surface area contributed by atoms with Crippen molar-refractivity contribution in [2.24, 2.45) is 7.05 Å². The Balaban J connectivity index is 2.99. The number of halogens is 1. The lowest BCUT2D eigenvalue weighted by Gasteiger charge is -1.97. The molecule has 0 saturated carbocycles. The molecule has 1 heterocycles. The fourth-order valence-corrected chi connectivity index (χ4v) is 2.50. The maximum atomic E-state index is 2.38. The molecule has 0 radical (unpaired) electrons. The van der Waals surface area contributed by atoms with Gasteiger partial charge in [0, 0.05) is 22.2 Å². The van der Waals surface area contributed by atoms with Crippen LogP contribution in [-0.4, -0.2) is 4.57 Å². The van der Waals surface area contributed by atoms with E-state index >= 15 is 0 Å². The first-order valence-corrected chi connectivity index (χ1v) is 4.98. The molecule has 0 saturated heterocycles. The molecule has 0 unspecified atom stereocenters. The van der Waals surface area contributed by atoms with Crippen molar-refractivity contribution in [1.82, 2.24) is 4.57 Å². The van der Waals surface area contributed by atoms with E-state index in [0.29, 0.717) is 0 Å². The third-order valence-electron chi connectivity index (χ3n) is 2.15. The summed E-state index contributed by atoms with van der Waals surface area (Å²) < 4.78 is 3.51. The molecule has 62 valence electrons. The van der Waals surface area contributed by atoms with Crippen LogP contribution in [0, 0.1) is 10.5 Å². The minimum absolute atomic E-state index is 1.32. The van der Waals surface area contributed by atoms with Crippen LogP contribution in [0.15, 0.2) is 24.4 Å². The molecule has 0 amide bonds. The first kappa shape index (κ1) is 8.10. The molecule has 2 aromatic rings. The van der Waals surface area contributed by atoms with E-state index in [1.165, 1.54) is 20.0 Å². The van der Waals surface area contributed by atoms with Gasteiger partial charge >= 0.3 is 0 Å². The van der Waals surface area contributed by atoms with E-state index < -0.39 is 0 Å². The second-order valence-corrected chi connectivity index (χ2v) is 4.22. The van der Waals surface area contributed by atoms with Crippen LogP contribution in [0.5, 0.6) is 0 Å². The van der Waals surface area contributed by atoms with Gasteiger partial charge in [0.2, 0.25) is 0 Å². The summed E-state index contributed by atoms with van der Waals surface area (Å²) in [5.41, 5.74) is 2.70. The number of nitrogens with zero attached hydrogens (tertiary/aromatic N) is 1. The second-order valence-electron chi connectivity index (χ2n) is 3.06. The Morgan fingerprint density at radius 2 is 2.08 bits per heavy atom. The molecule has 1 aromatic carbocycles. The number of fused-ring (bicyclic) bond motifs is 1. The predicted molar refractivity (Wildman–Crippen MR) is 60.4 cm³/mol. The van der Waals surface area contributed by atoms with Crippen molar-refractivity contribution in [2.75, 3.05) is 0 Å². The molecule has 1 aromatic heterocycles. The smallest absolute Gasteiger partial charge is 0.0616 e. The summed E-state index contributed by atoms with van der Waals surface area (Å²) in [5.74, 6) is 0. The highest BCUT2D eigenvalue weighted by Crippen LogP contribution is 2.24. The summed E-state index contributed by atoms with van der Waals surface area (Å²) in [6.45, 7) is 2.15. The van der Waals surface area contributed by atoms with Crippen LogP contribution < -0.4 is 0 Å². The van der Waals surface area contributed by atoms with Gasteiger partial charge in [0.05, 0.1) is 5.52 Å². The zero-order valence-electron chi connectivity index (χ0n) is 7.13. The van der Waals surface area contributed by atoms with Gasteiger partial charge in [-0.2, -0.15) is 0 Å². The van der Waals surface area contributed by atoms with Crippen molar-refractivity contribution in [3.63, 3.8) is 0 Å². The maximum Gasteiger partial charge on any atom is 0.0616 e. The molecule has 0 aliphatic heterocycles. The lowest BCUT2D eigenvalue weighted by atomic mass is 10.2. The molecule has 1 nitrogen and oxygen atoms in total. The van der Waals surface area contributed by atoms with Crippen LogP contribution in [0.2, 0.25) is 0 Å². The van der Waals surface area contributed by atoms with E-state index in [2.05, 4.69) is 65.5 Å². The standard InChI is InChI=1S/C10H10IN/c1-7-6-12(2)10-8(7)4-3-5-9(10)11/h3-6H,1-2H3. The lowest BCUT2D eigenvalue weighted by Crippen LogP contribution is -1.85. The van der Waals surface area contributed by atoms with Crippen LogP contribution in [0.1, 0.15) is 5.56 Å². The Kier molecular flexibility index (Phi) is 1.87. The summed E-state index contributed by atoms with van der Waals surface area (Å²) in [5, 5.41) is 1.37. The average Bonchev–Trinajstić information content (AvgIpc) is 2.29. The predicted octanol–water partition coefficient (Wildman–Crippen LogP) is 3.09. The normalized spacial score (nSPS) is 10.9. The molecular weight excluding hydrogens is 261 g/mol. The minimum Gasteiger partial charge on any atom is -0.349 e. The SMILES string of the molecule is Cc1cn(C)c2c(I)cccc12. The largest absolute Gasteiger partial charge is 0.349 e. The Morgan fingerprint density at radius 1 is 1.33 bits per heavy atom. The van der Waals surface area contributed by atoms with Gasteiger partial charge in [-0.15, -0.1) is 0 Å². The summed E-state index contributed by atoms with van der Waals surface area (Å²) >= 11 is 2.38. The molecule has 0 spiro atoms. The van der Waals surface area contributed by atoms with E-state index in [1.54, 1.807) is 0 Å². The van der Waals surface area contributed by atoms with Gasteiger partial charge in [0.15, 0.2) is 0 Å². The Bertz CT molecular complexity index is 429. The third kappa shape index (κ3) is 1.05.